The molecule has 0 fully saturated rings. The molecule has 2 N–H and O–H groups in total. The van der Waals surface area contributed by atoms with E-state index in [1.807, 2.05) is 0 Å². The predicted octanol–water partition coefficient (Wildman–Crippen LogP) is 4.08. The summed E-state index contributed by atoms with van der Waals surface area (Å²) in [5, 5.41) is 0.379. The van der Waals surface area contributed by atoms with E-state index in [1.54, 1.807) is 18.2 Å². The van der Waals surface area contributed by atoms with E-state index in [1.165, 1.54) is 12.3 Å². The average Bonchev–Trinajstić information content (AvgIpc) is 2.68. The van der Waals surface area contributed by atoms with E-state index in [-0.39, 0.29) is 11.9 Å². The van der Waals surface area contributed by atoms with E-state index in [0.717, 1.165) is 5.56 Å². The van der Waals surface area contributed by atoms with Crippen molar-refractivity contribution in [2.75, 3.05) is 0 Å². The summed E-state index contributed by atoms with van der Waals surface area (Å²) in [4.78, 5) is 0. The highest BCUT2D eigenvalue weighted by atomic mass is 79.9. The van der Waals surface area contributed by atoms with Gasteiger partial charge in [0.25, 0.3) is 0 Å². The van der Waals surface area contributed by atoms with Crippen LogP contribution in [0.4, 0.5) is 4.39 Å². The van der Waals surface area contributed by atoms with Gasteiger partial charge in [0.15, 0.2) is 4.67 Å². The highest BCUT2D eigenvalue weighted by molar-refractivity contribution is 9.10. The molecule has 2 rings (SSSR count). The van der Waals surface area contributed by atoms with Crippen LogP contribution in [0.15, 0.2) is 39.6 Å². The maximum Gasteiger partial charge on any atom is 0.173 e. The third kappa shape index (κ3) is 2.89. The van der Waals surface area contributed by atoms with Gasteiger partial charge in [0.1, 0.15) is 5.82 Å². The topological polar surface area (TPSA) is 39.2 Å². The zero-order valence-electron chi connectivity index (χ0n) is 8.79. The summed E-state index contributed by atoms with van der Waals surface area (Å²) < 4.78 is 19.3. The fourth-order valence-electron chi connectivity index (χ4n) is 1.60. The Morgan fingerprint density at radius 1 is 1.41 bits per heavy atom. The van der Waals surface area contributed by atoms with Gasteiger partial charge in [-0.05, 0) is 46.1 Å². The van der Waals surface area contributed by atoms with Gasteiger partial charge in [-0.3, -0.25) is 0 Å². The molecular formula is C12H10BrClFNO. The fourth-order valence-corrected chi connectivity index (χ4v) is 2.30. The van der Waals surface area contributed by atoms with Crippen LogP contribution in [0.3, 0.4) is 0 Å². The maximum absolute atomic E-state index is 13.6. The molecular weight excluding hydrogens is 308 g/mol. The zero-order valence-corrected chi connectivity index (χ0v) is 11.1. The van der Waals surface area contributed by atoms with Crippen LogP contribution in [0.5, 0.6) is 0 Å². The molecule has 0 saturated heterocycles. The minimum Gasteiger partial charge on any atom is -0.457 e. The Kier molecular flexibility index (Phi) is 3.86. The lowest BCUT2D eigenvalue weighted by atomic mass is 10.0. The van der Waals surface area contributed by atoms with Gasteiger partial charge < -0.3 is 10.2 Å². The smallest absolute Gasteiger partial charge is 0.173 e. The average molecular weight is 319 g/mol. The van der Waals surface area contributed by atoms with Crippen molar-refractivity contribution >= 4 is 27.5 Å². The number of hydrogen-bond donors (Lipinski definition) is 1. The Bertz CT molecular complexity index is 529. The molecule has 1 aromatic carbocycles. The van der Waals surface area contributed by atoms with Crippen LogP contribution in [0.1, 0.15) is 17.2 Å². The van der Waals surface area contributed by atoms with Crippen LogP contribution in [0, 0.1) is 5.82 Å². The molecule has 0 bridgehead atoms. The molecule has 0 amide bonds. The van der Waals surface area contributed by atoms with Crippen LogP contribution < -0.4 is 5.73 Å². The molecule has 0 aliphatic rings. The molecule has 0 saturated carbocycles. The Balaban J connectivity index is 2.19. The van der Waals surface area contributed by atoms with Gasteiger partial charge in [0.05, 0.1) is 6.26 Å². The van der Waals surface area contributed by atoms with Gasteiger partial charge in [-0.1, -0.05) is 17.7 Å². The Morgan fingerprint density at radius 2 is 2.18 bits per heavy atom. The maximum atomic E-state index is 13.6. The lowest BCUT2D eigenvalue weighted by Crippen LogP contribution is -2.13. The number of benzene rings is 1. The zero-order chi connectivity index (χ0) is 12.4. The van der Waals surface area contributed by atoms with E-state index in [2.05, 4.69) is 15.9 Å². The van der Waals surface area contributed by atoms with Gasteiger partial charge in [-0.15, -0.1) is 0 Å². The summed E-state index contributed by atoms with van der Waals surface area (Å²) in [6, 6.07) is 6.03. The van der Waals surface area contributed by atoms with Gasteiger partial charge in [0.2, 0.25) is 0 Å². The second kappa shape index (κ2) is 5.21. The first-order valence-corrected chi connectivity index (χ1v) is 6.17. The summed E-state index contributed by atoms with van der Waals surface area (Å²) in [5.41, 5.74) is 7.35. The molecule has 90 valence electrons. The molecule has 1 heterocycles. The summed E-state index contributed by atoms with van der Waals surface area (Å²) in [6.45, 7) is 0. The third-order valence-electron chi connectivity index (χ3n) is 2.50. The second-order valence-corrected chi connectivity index (χ2v) is 4.85. The van der Waals surface area contributed by atoms with Crippen molar-refractivity contribution in [3.8, 4) is 0 Å². The van der Waals surface area contributed by atoms with Crippen LogP contribution in [0.25, 0.3) is 0 Å². The molecule has 1 atom stereocenters. The molecule has 5 heteroatoms. The van der Waals surface area contributed by atoms with Crippen molar-refractivity contribution < 1.29 is 8.81 Å². The lowest BCUT2D eigenvalue weighted by molar-refractivity contribution is 0.529. The van der Waals surface area contributed by atoms with Crippen LogP contribution >= 0.6 is 27.5 Å². The van der Waals surface area contributed by atoms with E-state index >= 15 is 0 Å². The summed E-state index contributed by atoms with van der Waals surface area (Å²) in [7, 11) is 0. The highest BCUT2D eigenvalue weighted by Gasteiger charge is 2.15. The van der Waals surface area contributed by atoms with E-state index in [0.29, 0.717) is 21.7 Å². The van der Waals surface area contributed by atoms with Gasteiger partial charge >= 0.3 is 0 Å². The van der Waals surface area contributed by atoms with E-state index in [4.69, 9.17) is 21.8 Å². The Labute approximate surface area is 112 Å². The quantitative estimate of drug-likeness (QED) is 0.926. The molecule has 2 nitrogen and oxygen atoms in total. The first-order valence-electron chi connectivity index (χ1n) is 5.00. The SMILES string of the molecule is NC(Cc1ccc(Cl)cc1F)c1ccoc1Br. The largest absolute Gasteiger partial charge is 0.457 e. The van der Waals surface area contributed by atoms with Crippen LogP contribution in [-0.4, -0.2) is 0 Å². The molecule has 17 heavy (non-hydrogen) atoms. The van der Waals surface area contributed by atoms with Crippen molar-refractivity contribution in [1.82, 2.24) is 0 Å². The molecule has 0 spiro atoms. The van der Waals surface area contributed by atoms with E-state index in [9.17, 15) is 4.39 Å². The van der Waals surface area contributed by atoms with E-state index < -0.39 is 0 Å². The predicted molar refractivity (Wildman–Crippen MR) is 68.5 cm³/mol. The van der Waals surface area contributed by atoms with Crippen molar-refractivity contribution in [3.63, 3.8) is 0 Å². The highest BCUT2D eigenvalue weighted by Crippen LogP contribution is 2.26. The van der Waals surface area contributed by atoms with Crippen LogP contribution in [0.2, 0.25) is 5.02 Å². The Morgan fingerprint density at radius 3 is 2.76 bits per heavy atom. The number of rotatable bonds is 3. The third-order valence-corrected chi connectivity index (χ3v) is 3.38. The standard InChI is InChI=1S/C12H10BrClFNO/c13-12-9(3-4-17-12)11(16)5-7-1-2-8(14)6-10(7)15/h1-4,6,11H,5,16H2. The van der Waals surface area contributed by atoms with Gasteiger partial charge in [0, 0.05) is 16.6 Å². The van der Waals surface area contributed by atoms with Crippen molar-refractivity contribution in [2.45, 2.75) is 12.5 Å². The first-order chi connectivity index (χ1) is 8.08. The fraction of sp³-hybridized carbons (Fsp3) is 0.167. The number of halogens is 3. The van der Waals surface area contributed by atoms with Crippen molar-refractivity contribution in [2.24, 2.45) is 5.73 Å². The molecule has 0 aliphatic heterocycles. The monoisotopic (exact) mass is 317 g/mol. The normalized spacial score (nSPS) is 12.7. The number of hydrogen-bond acceptors (Lipinski definition) is 2. The van der Waals surface area contributed by atoms with Gasteiger partial charge in [-0.25, -0.2) is 4.39 Å². The number of furan rings is 1. The Hall–Kier alpha value is -0.840. The summed E-state index contributed by atoms with van der Waals surface area (Å²) in [5.74, 6) is -0.340. The molecule has 0 radical (unpaired) electrons. The summed E-state index contributed by atoms with van der Waals surface area (Å²) in [6.07, 6.45) is 1.93. The minimum absolute atomic E-state index is 0.321. The van der Waals surface area contributed by atoms with Crippen LogP contribution in [-0.2, 0) is 6.42 Å². The molecule has 1 aromatic heterocycles. The van der Waals surface area contributed by atoms with Crippen molar-refractivity contribution in [1.29, 1.82) is 0 Å². The summed E-state index contributed by atoms with van der Waals surface area (Å²) >= 11 is 8.93. The first kappa shape index (κ1) is 12.6. The molecule has 1 unspecified atom stereocenters. The van der Waals surface area contributed by atoms with Crippen molar-refractivity contribution in [3.05, 3.63) is 57.2 Å². The second-order valence-electron chi connectivity index (χ2n) is 3.70. The van der Waals surface area contributed by atoms with Gasteiger partial charge in [-0.2, -0.15) is 0 Å². The lowest BCUT2D eigenvalue weighted by Gasteiger charge is -2.11. The number of nitrogens with two attached hydrogens (primary N) is 1. The molecule has 0 aliphatic carbocycles. The molecule has 2 aromatic rings. The minimum atomic E-state index is -0.340.